The number of carbonyl (C=O) groups excluding carboxylic acids is 1. The molecule has 1 saturated heterocycles. The Morgan fingerprint density at radius 3 is 2.57 bits per heavy atom. The van der Waals surface area contributed by atoms with Crippen molar-refractivity contribution < 1.29 is 14.3 Å². The molecule has 2 aromatic rings. The van der Waals surface area contributed by atoms with Crippen molar-refractivity contribution in [3.8, 4) is 11.5 Å². The smallest absolute Gasteiger partial charge is 0.229 e. The van der Waals surface area contributed by atoms with E-state index in [9.17, 15) is 4.79 Å². The first-order valence-corrected chi connectivity index (χ1v) is 9.76. The summed E-state index contributed by atoms with van der Waals surface area (Å²) in [5.41, 5.74) is 1.85. The predicted octanol–water partition coefficient (Wildman–Crippen LogP) is 3.18. The van der Waals surface area contributed by atoms with Gasteiger partial charge in [0.25, 0.3) is 0 Å². The van der Waals surface area contributed by atoms with Gasteiger partial charge in [-0.1, -0.05) is 30.3 Å². The molecule has 2 aromatic carbocycles. The van der Waals surface area contributed by atoms with Gasteiger partial charge in [0.2, 0.25) is 5.91 Å². The summed E-state index contributed by atoms with van der Waals surface area (Å²) in [6.07, 6.45) is 0.432. The summed E-state index contributed by atoms with van der Waals surface area (Å²) < 4.78 is 10.8. The third-order valence-corrected chi connectivity index (χ3v) is 4.77. The van der Waals surface area contributed by atoms with E-state index < -0.39 is 0 Å². The average Bonchev–Trinajstić information content (AvgIpc) is 3.12. The van der Waals surface area contributed by atoms with Crippen LogP contribution in [0.15, 0.2) is 53.5 Å². The molecular weight excluding hydrogens is 495 g/mol. The van der Waals surface area contributed by atoms with Crippen LogP contribution in [0.5, 0.6) is 11.5 Å². The number of benzene rings is 2. The number of nitrogens with zero attached hydrogens (tertiary/aromatic N) is 2. The van der Waals surface area contributed by atoms with Crippen LogP contribution in [0.2, 0.25) is 0 Å². The molecule has 0 radical (unpaired) electrons. The largest absolute Gasteiger partial charge is 0.493 e. The van der Waals surface area contributed by atoms with Crippen molar-refractivity contribution >= 4 is 41.5 Å². The third kappa shape index (κ3) is 5.78. The second kappa shape index (κ2) is 11.6. The van der Waals surface area contributed by atoms with E-state index >= 15 is 0 Å². The normalized spacial score (nSPS) is 16.1. The van der Waals surface area contributed by atoms with Crippen molar-refractivity contribution in [2.75, 3.05) is 32.2 Å². The first-order valence-electron chi connectivity index (χ1n) is 9.76. The zero-order chi connectivity index (χ0) is 20.6. The quantitative estimate of drug-likeness (QED) is 0.331. The summed E-state index contributed by atoms with van der Waals surface area (Å²) >= 11 is 0. The van der Waals surface area contributed by atoms with Gasteiger partial charge in [0.15, 0.2) is 17.5 Å². The first-order chi connectivity index (χ1) is 14.2. The van der Waals surface area contributed by atoms with Gasteiger partial charge in [-0.2, -0.15) is 0 Å². The van der Waals surface area contributed by atoms with Crippen LogP contribution in [-0.2, 0) is 11.3 Å². The molecule has 1 atom stereocenters. The maximum atomic E-state index is 12.5. The number of aliphatic imine (C=N–C) groups is 1. The SMILES string of the molecule is CCNC(=NCc1cccc(OC)c1OC)NC1CC(=O)N(c2ccccc2)C1.I. The maximum absolute atomic E-state index is 12.5. The van der Waals surface area contributed by atoms with E-state index in [4.69, 9.17) is 9.47 Å². The highest BCUT2D eigenvalue weighted by Gasteiger charge is 2.31. The molecule has 0 aromatic heterocycles. The van der Waals surface area contributed by atoms with E-state index in [0.717, 1.165) is 17.8 Å². The van der Waals surface area contributed by atoms with Crippen molar-refractivity contribution in [1.29, 1.82) is 0 Å². The Labute approximate surface area is 194 Å². The molecular formula is C22H29IN4O3. The molecule has 3 rings (SSSR count). The maximum Gasteiger partial charge on any atom is 0.229 e. The zero-order valence-corrected chi connectivity index (χ0v) is 19.9. The number of hydrogen-bond acceptors (Lipinski definition) is 4. The zero-order valence-electron chi connectivity index (χ0n) is 17.6. The van der Waals surface area contributed by atoms with E-state index in [1.807, 2.05) is 60.4 Å². The van der Waals surface area contributed by atoms with Crippen LogP contribution in [-0.4, -0.2) is 45.2 Å². The Balaban J connectivity index is 0.00000320. The number of ether oxygens (including phenoxy) is 2. The molecule has 30 heavy (non-hydrogen) atoms. The molecule has 1 aliphatic heterocycles. The van der Waals surface area contributed by atoms with Gasteiger partial charge in [-0.15, -0.1) is 24.0 Å². The molecule has 7 nitrogen and oxygen atoms in total. The fraction of sp³-hybridized carbons (Fsp3) is 0.364. The number of para-hydroxylation sites is 2. The Kier molecular flexibility index (Phi) is 9.22. The molecule has 0 bridgehead atoms. The number of nitrogens with one attached hydrogen (secondary N) is 2. The van der Waals surface area contributed by atoms with Gasteiger partial charge in [-0.05, 0) is 25.1 Å². The van der Waals surface area contributed by atoms with Crippen molar-refractivity contribution in [3.63, 3.8) is 0 Å². The summed E-state index contributed by atoms with van der Waals surface area (Å²) in [7, 11) is 3.24. The van der Waals surface area contributed by atoms with Gasteiger partial charge in [0.1, 0.15) is 0 Å². The molecule has 0 spiro atoms. The van der Waals surface area contributed by atoms with Crippen molar-refractivity contribution in [1.82, 2.24) is 10.6 Å². The highest BCUT2D eigenvalue weighted by Crippen LogP contribution is 2.31. The topological polar surface area (TPSA) is 75.2 Å². The standard InChI is InChI=1S/C22H28N4O3.HI/c1-4-23-22(24-14-16-9-8-12-19(28-2)21(16)29-3)25-17-13-20(27)26(15-17)18-10-6-5-7-11-18;/h5-12,17H,4,13-15H2,1-3H3,(H2,23,24,25);1H. The lowest BCUT2D eigenvalue weighted by molar-refractivity contribution is -0.117. The fourth-order valence-corrected chi connectivity index (χ4v) is 3.42. The van der Waals surface area contributed by atoms with Crippen molar-refractivity contribution in [2.24, 2.45) is 4.99 Å². The number of halogens is 1. The Morgan fingerprint density at radius 1 is 1.13 bits per heavy atom. The molecule has 0 saturated carbocycles. The molecule has 1 aliphatic rings. The Bertz CT molecular complexity index is 861. The van der Waals surface area contributed by atoms with Crippen LogP contribution < -0.4 is 25.0 Å². The minimum Gasteiger partial charge on any atom is -0.493 e. The summed E-state index contributed by atoms with van der Waals surface area (Å²) in [5, 5.41) is 6.64. The number of anilines is 1. The van der Waals surface area contributed by atoms with Gasteiger partial charge in [0, 0.05) is 30.8 Å². The second-order valence-corrected chi connectivity index (χ2v) is 6.73. The van der Waals surface area contributed by atoms with Crippen LogP contribution in [0.25, 0.3) is 0 Å². The number of hydrogen-bond donors (Lipinski definition) is 2. The minimum atomic E-state index is -0.00675. The van der Waals surface area contributed by atoms with Crippen molar-refractivity contribution in [3.05, 3.63) is 54.1 Å². The predicted molar refractivity (Wildman–Crippen MR) is 130 cm³/mol. The van der Waals surface area contributed by atoms with Crippen LogP contribution in [0.3, 0.4) is 0 Å². The second-order valence-electron chi connectivity index (χ2n) is 6.73. The first kappa shape index (κ1) is 23.8. The number of carbonyl (C=O) groups is 1. The lowest BCUT2D eigenvalue weighted by Gasteiger charge is -2.19. The van der Waals surface area contributed by atoms with Crippen LogP contribution in [0.1, 0.15) is 18.9 Å². The highest BCUT2D eigenvalue weighted by atomic mass is 127. The van der Waals surface area contributed by atoms with Gasteiger partial charge in [0.05, 0.1) is 26.8 Å². The van der Waals surface area contributed by atoms with Crippen molar-refractivity contribution in [2.45, 2.75) is 25.9 Å². The molecule has 0 aliphatic carbocycles. The lowest BCUT2D eigenvalue weighted by Crippen LogP contribution is -2.44. The Morgan fingerprint density at radius 2 is 1.90 bits per heavy atom. The van der Waals surface area contributed by atoms with Gasteiger partial charge in [-0.3, -0.25) is 4.79 Å². The lowest BCUT2D eigenvalue weighted by atomic mass is 10.2. The molecule has 1 unspecified atom stereocenters. The van der Waals surface area contributed by atoms with Gasteiger partial charge < -0.3 is 25.0 Å². The number of methoxy groups -OCH3 is 2. The minimum absolute atomic E-state index is 0. The van der Waals surface area contributed by atoms with Crippen LogP contribution >= 0.6 is 24.0 Å². The molecule has 1 fully saturated rings. The molecule has 8 heteroatoms. The van der Waals surface area contributed by atoms with Gasteiger partial charge in [-0.25, -0.2) is 4.99 Å². The Hall–Kier alpha value is -2.49. The third-order valence-electron chi connectivity index (χ3n) is 4.77. The summed E-state index contributed by atoms with van der Waals surface area (Å²) in [5.74, 6) is 2.14. The fourth-order valence-electron chi connectivity index (χ4n) is 3.42. The van der Waals surface area contributed by atoms with E-state index in [1.54, 1.807) is 14.2 Å². The van der Waals surface area contributed by atoms with Crippen LogP contribution in [0.4, 0.5) is 5.69 Å². The number of guanidine groups is 1. The molecule has 162 valence electrons. The van der Waals surface area contributed by atoms with E-state index in [-0.39, 0.29) is 35.9 Å². The summed E-state index contributed by atoms with van der Waals surface area (Å²) in [6, 6.07) is 15.5. The summed E-state index contributed by atoms with van der Waals surface area (Å²) in [6.45, 7) is 3.78. The monoisotopic (exact) mass is 524 g/mol. The van der Waals surface area contributed by atoms with E-state index in [2.05, 4.69) is 15.6 Å². The molecule has 1 heterocycles. The van der Waals surface area contributed by atoms with E-state index in [0.29, 0.717) is 37.0 Å². The number of rotatable bonds is 7. The molecule has 2 N–H and O–H groups in total. The highest BCUT2D eigenvalue weighted by molar-refractivity contribution is 14.0. The molecule has 1 amide bonds. The van der Waals surface area contributed by atoms with Gasteiger partial charge >= 0.3 is 0 Å². The number of amides is 1. The average molecular weight is 524 g/mol. The van der Waals surface area contributed by atoms with Crippen LogP contribution in [0, 0.1) is 0 Å². The van der Waals surface area contributed by atoms with E-state index in [1.165, 1.54) is 0 Å². The summed E-state index contributed by atoms with van der Waals surface area (Å²) in [4.78, 5) is 18.9.